The molecule has 0 saturated carbocycles. The Balaban J connectivity index is -0.0000000678. The number of nitrogens with zero attached hydrogens (tertiary/aromatic N) is 1. The molecule has 5 N–H and O–H groups in total. The van der Waals surface area contributed by atoms with E-state index in [1.807, 2.05) is 0 Å². The zero-order valence-corrected chi connectivity index (χ0v) is 21.9. The molecule has 0 fully saturated rings. The molecule has 0 atom stereocenters. The lowest BCUT2D eigenvalue weighted by Crippen LogP contribution is -2.31. The maximum Gasteiger partial charge on any atom is 0.0862 e. The molecule has 0 bridgehead atoms. The Hall–Kier alpha value is 0.870. The van der Waals surface area contributed by atoms with Gasteiger partial charge in [0.1, 0.15) is 0 Å². The molecule has 8 heteroatoms. The molecule has 0 aromatic heterocycles. The van der Waals surface area contributed by atoms with Gasteiger partial charge in [-0.15, -0.1) is 48.8 Å². The molecular weight excluding hydrogens is 438 g/mol. The highest BCUT2D eigenvalue weighted by atomic mass is 35.5. The van der Waals surface area contributed by atoms with Crippen LogP contribution in [0.1, 0.15) is 72.1 Å². The largest absolute Gasteiger partial charge is 0.329 e. The van der Waals surface area contributed by atoms with Crippen molar-refractivity contribution >= 4 is 48.8 Å². The molecule has 0 aromatic carbocycles. The van der Waals surface area contributed by atoms with E-state index < -0.39 is 0 Å². The van der Waals surface area contributed by atoms with Gasteiger partial charge in [-0.3, -0.25) is 0 Å². The van der Waals surface area contributed by atoms with Crippen molar-refractivity contribution in [2.45, 2.75) is 72.1 Å². The van der Waals surface area contributed by atoms with E-state index >= 15 is 0 Å². The van der Waals surface area contributed by atoms with Crippen molar-refractivity contribution in [1.29, 1.82) is 0 Å². The van der Waals surface area contributed by atoms with Gasteiger partial charge in [0.05, 0.1) is 13.3 Å². The van der Waals surface area contributed by atoms with E-state index in [2.05, 4.69) is 37.9 Å². The fourth-order valence-electron chi connectivity index (χ4n) is 1.96. The molecule has 0 radical (unpaired) electrons. The van der Waals surface area contributed by atoms with E-state index in [9.17, 15) is 0 Å². The second kappa shape index (κ2) is 46.2. The molecular formula is C20H51Cl4N4+. The summed E-state index contributed by atoms with van der Waals surface area (Å²) in [5.41, 5.74) is 10.4. The number of nitrogens with two attached hydrogens (primary N) is 2. The molecule has 28 heavy (non-hydrogen) atoms. The van der Waals surface area contributed by atoms with Gasteiger partial charge in [0.15, 0.2) is 0 Å². The number of alkyl halides is 1. The molecule has 0 saturated heterocycles. The summed E-state index contributed by atoms with van der Waals surface area (Å²) < 4.78 is 0. The van der Waals surface area contributed by atoms with Gasteiger partial charge in [-0.1, -0.05) is 40.0 Å². The van der Waals surface area contributed by atoms with Crippen LogP contribution in [0.3, 0.4) is 0 Å². The Labute approximate surface area is 200 Å². The van der Waals surface area contributed by atoms with Gasteiger partial charge in [0.25, 0.3) is 0 Å². The van der Waals surface area contributed by atoms with Gasteiger partial charge in [0.2, 0.25) is 0 Å². The Morgan fingerprint density at radius 1 is 0.750 bits per heavy atom. The molecule has 0 aromatic rings. The van der Waals surface area contributed by atoms with Crippen LogP contribution in [-0.2, 0) is 0 Å². The molecule has 4 nitrogen and oxygen atoms in total. The molecule has 0 heterocycles. The van der Waals surface area contributed by atoms with Crippen LogP contribution in [0.5, 0.6) is 0 Å². The molecule has 0 aliphatic carbocycles. The fraction of sp³-hybridized carbons (Fsp3) is 0.950. The van der Waals surface area contributed by atoms with E-state index in [1.165, 1.54) is 64.6 Å². The van der Waals surface area contributed by atoms with Crippen molar-refractivity contribution in [3.8, 4) is 0 Å². The first-order valence-corrected chi connectivity index (χ1v) is 10.9. The lowest BCUT2D eigenvalue weighted by atomic mass is 10.2. The Kier molecular flexibility index (Phi) is 70.7. The summed E-state index contributed by atoms with van der Waals surface area (Å²) in [6, 6.07) is 0. The number of hydrogen-bond acceptors (Lipinski definition) is 4. The third kappa shape index (κ3) is 50.5. The third-order valence-electron chi connectivity index (χ3n) is 3.52. The van der Waals surface area contributed by atoms with Crippen molar-refractivity contribution in [1.82, 2.24) is 10.2 Å². The lowest BCUT2D eigenvalue weighted by molar-refractivity contribution is 0.272. The molecule has 0 rings (SSSR count). The van der Waals surface area contributed by atoms with Crippen molar-refractivity contribution < 1.29 is 0 Å². The summed E-state index contributed by atoms with van der Waals surface area (Å²) >= 11 is 5.06. The van der Waals surface area contributed by atoms with Crippen LogP contribution in [0.4, 0.5) is 0 Å². The maximum absolute atomic E-state index is 5.53. The van der Waals surface area contributed by atoms with Crippen LogP contribution in [0.25, 0.3) is 0 Å². The summed E-state index contributed by atoms with van der Waals surface area (Å²) in [5, 5.41) is 3.35. The Morgan fingerprint density at radius 2 is 1.18 bits per heavy atom. The zero-order chi connectivity index (χ0) is 19.6. The molecule has 0 aliphatic rings. The summed E-state index contributed by atoms with van der Waals surface area (Å²) in [6.07, 6.45) is 10.0. The van der Waals surface area contributed by atoms with Gasteiger partial charge < -0.3 is 21.7 Å². The van der Waals surface area contributed by atoms with Gasteiger partial charge in [-0.25, -0.2) is 0 Å². The lowest BCUT2D eigenvalue weighted by Gasteiger charge is -2.20. The molecule has 0 amide bonds. The smallest absolute Gasteiger partial charge is 0.0862 e. The van der Waals surface area contributed by atoms with Gasteiger partial charge >= 0.3 is 0 Å². The highest BCUT2D eigenvalue weighted by Crippen LogP contribution is 1.97. The van der Waals surface area contributed by atoms with E-state index in [-0.39, 0.29) is 37.2 Å². The normalized spacial score (nSPS) is 8.96. The Bertz CT molecular complexity index is 189. The molecule has 0 unspecified atom stereocenters. The standard InChI is InChI=1S/C10H24N2.C8H18N.C2H6ClN.3ClH/c1-3-5-8-12(10-7-11)9-6-4-2;1-3-5-7-9-8-6-4-2;3-1-2-4;;;/h3-11H2,1-2H3;9H,1,3-8H2,2H3;1-2,4H2;3*1H/q;+1;;;;. The average molecular weight is 489 g/mol. The predicted octanol–water partition coefficient (Wildman–Crippen LogP) is 5.29. The summed E-state index contributed by atoms with van der Waals surface area (Å²) in [5.74, 6) is 0.569. The van der Waals surface area contributed by atoms with Gasteiger partial charge in [-0.2, -0.15) is 0 Å². The first-order chi connectivity index (χ1) is 12.2. The first-order valence-electron chi connectivity index (χ1n) is 10.4. The topological polar surface area (TPSA) is 67.3 Å². The fourth-order valence-corrected chi connectivity index (χ4v) is 1.96. The van der Waals surface area contributed by atoms with E-state index in [4.69, 9.17) is 23.1 Å². The minimum Gasteiger partial charge on any atom is -0.329 e. The van der Waals surface area contributed by atoms with Crippen LogP contribution in [0.2, 0.25) is 0 Å². The first kappa shape index (κ1) is 42.9. The van der Waals surface area contributed by atoms with Crippen molar-refractivity contribution in [2.24, 2.45) is 11.5 Å². The molecule has 0 aliphatic heterocycles. The van der Waals surface area contributed by atoms with E-state index in [0.717, 1.165) is 26.1 Å². The quantitative estimate of drug-likeness (QED) is 0.166. The van der Waals surface area contributed by atoms with Gasteiger partial charge in [-0.05, 0) is 51.9 Å². The number of halogens is 4. The third-order valence-corrected chi connectivity index (χ3v) is 3.74. The minimum atomic E-state index is 0. The van der Waals surface area contributed by atoms with Crippen LogP contribution in [0.15, 0.2) is 0 Å². The number of hydrogen-bond donors (Lipinski definition) is 3. The van der Waals surface area contributed by atoms with Gasteiger partial charge in [0, 0.05) is 25.5 Å². The number of rotatable bonds is 15. The minimum absolute atomic E-state index is 0. The molecule has 178 valence electrons. The SMILES string of the molecule is CCCCN(CCN)CCCC.Cl.Cl.Cl.NCCCl.[CH2+]CCCNCCCC. The summed E-state index contributed by atoms with van der Waals surface area (Å²) in [7, 11) is 0. The van der Waals surface area contributed by atoms with Crippen molar-refractivity contribution in [3.63, 3.8) is 0 Å². The van der Waals surface area contributed by atoms with Crippen LogP contribution < -0.4 is 16.8 Å². The van der Waals surface area contributed by atoms with Crippen LogP contribution in [0, 0.1) is 6.92 Å². The second-order valence-corrected chi connectivity index (χ2v) is 6.50. The summed E-state index contributed by atoms with van der Waals surface area (Å²) in [6.45, 7) is 17.7. The van der Waals surface area contributed by atoms with Crippen LogP contribution in [-0.4, -0.2) is 56.6 Å². The average Bonchev–Trinajstić information content (AvgIpc) is 2.64. The highest BCUT2D eigenvalue weighted by molar-refractivity contribution is 6.18. The second-order valence-electron chi connectivity index (χ2n) is 6.13. The molecule has 0 spiro atoms. The monoisotopic (exact) mass is 487 g/mol. The van der Waals surface area contributed by atoms with Crippen molar-refractivity contribution in [2.75, 3.05) is 51.7 Å². The highest BCUT2D eigenvalue weighted by Gasteiger charge is 2.00. The Morgan fingerprint density at radius 3 is 1.50 bits per heavy atom. The van der Waals surface area contributed by atoms with E-state index in [0.29, 0.717) is 12.4 Å². The van der Waals surface area contributed by atoms with Crippen LogP contribution >= 0.6 is 48.8 Å². The predicted molar refractivity (Wildman–Crippen MR) is 139 cm³/mol. The summed E-state index contributed by atoms with van der Waals surface area (Å²) in [4.78, 5) is 2.48. The maximum atomic E-state index is 5.53. The number of nitrogens with one attached hydrogen (secondary N) is 1. The van der Waals surface area contributed by atoms with E-state index in [1.54, 1.807) is 0 Å². The van der Waals surface area contributed by atoms with Crippen molar-refractivity contribution in [3.05, 3.63) is 6.92 Å². The zero-order valence-electron chi connectivity index (χ0n) is 18.7. The number of unbranched alkanes of at least 4 members (excludes halogenated alkanes) is 4.